The average molecular weight is 289 g/mol. The van der Waals surface area contributed by atoms with Gasteiger partial charge in [-0.05, 0) is 11.1 Å². The van der Waals surface area contributed by atoms with Gasteiger partial charge >= 0.3 is 5.69 Å². The summed E-state index contributed by atoms with van der Waals surface area (Å²) in [5.74, 6) is 1.40. The Hall–Kier alpha value is -1.79. The van der Waals surface area contributed by atoms with Crippen LogP contribution in [-0.4, -0.2) is 27.8 Å². The minimum absolute atomic E-state index is 0.233. The van der Waals surface area contributed by atoms with Gasteiger partial charge in [0.25, 0.3) is 0 Å². The highest BCUT2D eigenvalue weighted by Gasteiger charge is 2.16. The first kappa shape index (κ1) is 13.2. The molecule has 1 aliphatic heterocycles. The SMILES string of the molecule is Nc1[nH]c(=O)ncc1-c1cccc(C[C@@H]2OCCS2)c1. The third-order valence-corrected chi connectivity index (χ3v) is 4.25. The molecule has 1 aromatic heterocycles. The number of aromatic amines is 1. The Labute approximate surface area is 120 Å². The van der Waals surface area contributed by atoms with Gasteiger partial charge in [0.2, 0.25) is 0 Å². The van der Waals surface area contributed by atoms with E-state index < -0.39 is 5.69 Å². The number of hydrogen-bond donors (Lipinski definition) is 2. The minimum Gasteiger partial charge on any atom is -0.385 e. The van der Waals surface area contributed by atoms with Crippen molar-refractivity contribution in [3.63, 3.8) is 0 Å². The van der Waals surface area contributed by atoms with Crippen LogP contribution in [0.2, 0.25) is 0 Å². The molecule has 0 bridgehead atoms. The molecular formula is C14H15N3O2S. The summed E-state index contributed by atoms with van der Waals surface area (Å²) in [6.45, 7) is 0.825. The van der Waals surface area contributed by atoms with Crippen LogP contribution in [0.3, 0.4) is 0 Å². The van der Waals surface area contributed by atoms with Crippen LogP contribution in [0.1, 0.15) is 5.56 Å². The summed E-state index contributed by atoms with van der Waals surface area (Å²) in [6.07, 6.45) is 2.38. The monoisotopic (exact) mass is 289 g/mol. The number of rotatable bonds is 3. The quantitative estimate of drug-likeness (QED) is 0.898. The second-order valence-corrected chi connectivity index (χ2v) is 5.86. The van der Waals surface area contributed by atoms with Crippen LogP contribution in [0, 0.1) is 0 Å². The number of nitrogens with one attached hydrogen (secondary N) is 1. The molecule has 0 radical (unpaired) electrons. The van der Waals surface area contributed by atoms with Crippen molar-refractivity contribution in [2.24, 2.45) is 0 Å². The lowest BCUT2D eigenvalue weighted by Gasteiger charge is -2.10. The van der Waals surface area contributed by atoms with E-state index in [0.717, 1.165) is 29.9 Å². The van der Waals surface area contributed by atoms with Gasteiger partial charge in [0.05, 0.1) is 6.61 Å². The maximum absolute atomic E-state index is 11.1. The van der Waals surface area contributed by atoms with E-state index in [-0.39, 0.29) is 5.44 Å². The molecular weight excluding hydrogens is 274 g/mol. The molecule has 0 unspecified atom stereocenters. The van der Waals surface area contributed by atoms with Crippen LogP contribution < -0.4 is 11.4 Å². The molecule has 20 heavy (non-hydrogen) atoms. The number of benzene rings is 1. The highest BCUT2D eigenvalue weighted by atomic mass is 32.2. The molecule has 2 heterocycles. The summed E-state index contributed by atoms with van der Waals surface area (Å²) >= 11 is 1.84. The number of anilines is 1. The Morgan fingerprint density at radius 1 is 1.50 bits per heavy atom. The number of ether oxygens (including phenoxy) is 1. The first-order chi connectivity index (χ1) is 9.72. The fourth-order valence-corrected chi connectivity index (χ4v) is 3.18. The average Bonchev–Trinajstić information content (AvgIpc) is 2.92. The van der Waals surface area contributed by atoms with Crippen LogP contribution in [-0.2, 0) is 11.2 Å². The van der Waals surface area contributed by atoms with Gasteiger partial charge in [-0.15, -0.1) is 11.8 Å². The number of nitrogen functional groups attached to an aromatic ring is 1. The van der Waals surface area contributed by atoms with Gasteiger partial charge in [-0.1, -0.05) is 24.3 Å². The second kappa shape index (κ2) is 5.68. The second-order valence-electron chi connectivity index (χ2n) is 4.59. The van der Waals surface area contributed by atoms with Crippen LogP contribution in [0.25, 0.3) is 11.1 Å². The molecule has 5 nitrogen and oxygen atoms in total. The van der Waals surface area contributed by atoms with E-state index in [2.05, 4.69) is 22.1 Å². The fourth-order valence-electron chi connectivity index (χ4n) is 2.22. The molecule has 3 rings (SSSR count). The molecule has 1 aliphatic rings. The maximum Gasteiger partial charge on any atom is 0.346 e. The predicted molar refractivity (Wildman–Crippen MR) is 80.6 cm³/mol. The van der Waals surface area contributed by atoms with Crippen molar-refractivity contribution < 1.29 is 4.74 Å². The van der Waals surface area contributed by atoms with Gasteiger partial charge < -0.3 is 10.5 Å². The van der Waals surface area contributed by atoms with Crippen LogP contribution in [0.5, 0.6) is 0 Å². The maximum atomic E-state index is 11.1. The molecule has 1 atom stereocenters. The van der Waals surface area contributed by atoms with Crippen molar-refractivity contribution in [1.82, 2.24) is 9.97 Å². The van der Waals surface area contributed by atoms with E-state index in [1.165, 1.54) is 11.8 Å². The Bertz CT molecular complexity index is 665. The Morgan fingerprint density at radius 2 is 2.40 bits per heavy atom. The van der Waals surface area contributed by atoms with E-state index in [1.54, 1.807) is 0 Å². The number of hydrogen-bond acceptors (Lipinski definition) is 5. The lowest BCUT2D eigenvalue weighted by atomic mass is 10.0. The molecule has 1 aromatic carbocycles. The van der Waals surface area contributed by atoms with E-state index in [9.17, 15) is 4.79 Å². The summed E-state index contributed by atoms with van der Waals surface area (Å²) in [6, 6.07) is 8.07. The van der Waals surface area contributed by atoms with Gasteiger partial charge in [0, 0.05) is 23.9 Å². The van der Waals surface area contributed by atoms with Crippen molar-refractivity contribution in [3.8, 4) is 11.1 Å². The van der Waals surface area contributed by atoms with Crippen LogP contribution in [0.4, 0.5) is 5.82 Å². The Balaban J connectivity index is 1.88. The molecule has 1 saturated heterocycles. The Kier molecular flexibility index (Phi) is 3.75. The van der Waals surface area contributed by atoms with Gasteiger partial charge in [0.1, 0.15) is 11.3 Å². The Morgan fingerprint density at radius 3 is 3.15 bits per heavy atom. The predicted octanol–water partition coefficient (Wildman–Crippen LogP) is 1.65. The summed E-state index contributed by atoms with van der Waals surface area (Å²) in [5, 5.41) is 0. The van der Waals surface area contributed by atoms with Gasteiger partial charge in [0.15, 0.2) is 0 Å². The fraction of sp³-hybridized carbons (Fsp3) is 0.286. The standard InChI is InChI=1S/C14H15N3O2S/c15-13-11(8-16-14(18)17-13)10-3-1-2-9(6-10)7-12-19-4-5-20-12/h1-3,6,8,12H,4-5,7H2,(H3,15,16,17,18)/t12-/m1/s1. The number of nitrogens with two attached hydrogens (primary N) is 1. The van der Waals surface area contributed by atoms with E-state index in [1.807, 2.05) is 23.9 Å². The van der Waals surface area contributed by atoms with Crippen molar-refractivity contribution in [1.29, 1.82) is 0 Å². The summed E-state index contributed by atoms with van der Waals surface area (Å²) in [5.41, 5.74) is 8.52. The molecule has 104 valence electrons. The third kappa shape index (κ3) is 2.86. The lowest BCUT2D eigenvalue weighted by Crippen LogP contribution is -2.12. The number of aromatic nitrogens is 2. The molecule has 1 fully saturated rings. The zero-order valence-corrected chi connectivity index (χ0v) is 11.7. The summed E-state index contributed by atoms with van der Waals surface area (Å²) < 4.78 is 5.62. The zero-order valence-electron chi connectivity index (χ0n) is 10.8. The third-order valence-electron chi connectivity index (χ3n) is 3.17. The van der Waals surface area contributed by atoms with Crippen molar-refractivity contribution in [3.05, 3.63) is 46.5 Å². The summed E-state index contributed by atoms with van der Waals surface area (Å²) in [4.78, 5) is 17.3. The van der Waals surface area contributed by atoms with Crippen molar-refractivity contribution in [2.75, 3.05) is 18.1 Å². The van der Waals surface area contributed by atoms with Crippen molar-refractivity contribution >= 4 is 17.6 Å². The van der Waals surface area contributed by atoms with E-state index in [0.29, 0.717) is 5.82 Å². The molecule has 6 heteroatoms. The van der Waals surface area contributed by atoms with Crippen molar-refractivity contribution in [2.45, 2.75) is 11.9 Å². The van der Waals surface area contributed by atoms with E-state index >= 15 is 0 Å². The molecule has 0 spiro atoms. The molecule has 0 amide bonds. The number of thioether (sulfide) groups is 1. The molecule has 0 saturated carbocycles. The first-order valence-electron chi connectivity index (χ1n) is 6.40. The smallest absolute Gasteiger partial charge is 0.346 e. The largest absolute Gasteiger partial charge is 0.385 e. The normalized spacial score (nSPS) is 18.3. The topological polar surface area (TPSA) is 81.0 Å². The zero-order chi connectivity index (χ0) is 13.9. The summed E-state index contributed by atoms with van der Waals surface area (Å²) in [7, 11) is 0. The highest BCUT2D eigenvalue weighted by molar-refractivity contribution is 7.99. The lowest BCUT2D eigenvalue weighted by molar-refractivity contribution is 0.143. The van der Waals surface area contributed by atoms with Crippen LogP contribution >= 0.6 is 11.8 Å². The van der Waals surface area contributed by atoms with Gasteiger partial charge in [-0.3, -0.25) is 4.98 Å². The molecule has 3 N–H and O–H groups in total. The minimum atomic E-state index is -0.432. The highest BCUT2D eigenvalue weighted by Crippen LogP contribution is 2.27. The molecule has 2 aromatic rings. The van der Waals surface area contributed by atoms with Crippen LogP contribution in [0.15, 0.2) is 35.3 Å². The van der Waals surface area contributed by atoms with Gasteiger partial charge in [-0.25, -0.2) is 9.78 Å². The first-order valence-corrected chi connectivity index (χ1v) is 7.44. The molecule has 0 aliphatic carbocycles. The number of nitrogens with zero attached hydrogens (tertiary/aromatic N) is 1. The number of H-pyrrole nitrogens is 1. The van der Waals surface area contributed by atoms with E-state index in [4.69, 9.17) is 10.5 Å². The van der Waals surface area contributed by atoms with Gasteiger partial charge in [-0.2, -0.15) is 0 Å².